The van der Waals surface area contributed by atoms with Gasteiger partial charge in [0.2, 0.25) is 0 Å². The molecule has 0 bridgehead atoms. The molecule has 0 aliphatic rings. The zero-order chi connectivity index (χ0) is 48.2. The van der Waals surface area contributed by atoms with Gasteiger partial charge >= 0.3 is 30.2 Å². The van der Waals surface area contributed by atoms with Crippen LogP contribution in [-0.2, 0) is 57.8 Å². The Kier molecular flexibility index (Phi) is 19.1. The Hall–Kier alpha value is -4.36. The quantitative estimate of drug-likeness (QED) is 0.105. The second-order valence-corrected chi connectivity index (χ2v) is 22.5. The number of benzene rings is 6. The van der Waals surface area contributed by atoms with Gasteiger partial charge in [0.05, 0.1) is 0 Å². The average Bonchev–Trinajstić information content (AvgIpc) is 3.91. The van der Waals surface area contributed by atoms with Gasteiger partial charge in [-0.1, -0.05) is 264 Å². The zero-order valence-corrected chi connectivity index (χ0v) is 48.1. The Morgan fingerprint density at radius 2 is 0.574 bits per heavy atom. The van der Waals surface area contributed by atoms with E-state index in [9.17, 15) is 0 Å². The number of fused-ring (bicyclic) bond motifs is 2. The summed E-state index contributed by atoms with van der Waals surface area (Å²) in [6.45, 7) is 34.8. The van der Waals surface area contributed by atoms with Gasteiger partial charge in [0.1, 0.15) is 0 Å². The Bertz CT molecular complexity index is 2440. The maximum absolute atomic E-state index is 3.06. The van der Waals surface area contributed by atoms with Crippen LogP contribution in [-0.4, -0.2) is 6.88 Å². The van der Waals surface area contributed by atoms with E-state index in [-0.39, 0.29) is 36.5 Å². The molecule has 0 aliphatic carbocycles. The molecule has 0 unspecified atom stereocenters. The number of aryl methyl sites for hydroxylation is 2. The molecule has 356 valence electrons. The van der Waals surface area contributed by atoms with Crippen LogP contribution < -0.4 is 0 Å². The van der Waals surface area contributed by atoms with Crippen molar-refractivity contribution in [2.45, 2.75) is 144 Å². The monoisotopic (exact) mass is 991 g/mol. The molecular formula is C66H80SiZr-4. The van der Waals surface area contributed by atoms with Crippen LogP contribution in [0.5, 0.6) is 0 Å². The standard InChI is InChI=1S/2C32H37.2CH3.Si.Zr/c2*1-8-9-22-20-29-27(23-10-14-25(15-11-23)31(2,3)4)18-19-28(30(29)21-22)24-12-16-26(17-13-24)32(5,6)7;;;;/h2*10-21H,8-9H2,1-7H3;2*1H3;;/q4*-1;;. The van der Waals surface area contributed by atoms with Crippen LogP contribution in [0.15, 0.2) is 146 Å². The van der Waals surface area contributed by atoms with Crippen molar-refractivity contribution in [1.82, 2.24) is 0 Å². The van der Waals surface area contributed by atoms with Crippen LogP contribution in [0.3, 0.4) is 0 Å². The number of hydrogen-bond donors (Lipinski definition) is 0. The maximum atomic E-state index is 3.06. The summed E-state index contributed by atoms with van der Waals surface area (Å²) in [6.07, 6.45) is 4.59. The van der Waals surface area contributed by atoms with Gasteiger partial charge < -0.3 is 14.9 Å². The molecule has 0 atom stereocenters. The fraction of sp³-hybridized carbons (Fsp3) is 0.333. The predicted octanol–water partition coefficient (Wildman–Crippen LogP) is 19.4. The van der Waals surface area contributed by atoms with Crippen LogP contribution in [0.4, 0.5) is 0 Å². The molecule has 0 nitrogen and oxygen atoms in total. The topological polar surface area (TPSA) is 0 Å². The first-order valence-corrected chi connectivity index (χ1v) is 28.5. The molecule has 2 radical (unpaired) electrons. The normalized spacial score (nSPS) is 11.8. The molecule has 8 aromatic rings. The molecule has 0 saturated carbocycles. The van der Waals surface area contributed by atoms with E-state index in [1.807, 2.05) is 0 Å². The van der Waals surface area contributed by atoms with Crippen LogP contribution in [0.25, 0.3) is 66.1 Å². The van der Waals surface area contributed by atoms with Crippen molar-refractivity contribution in [1.29, 1.82) is 0 Å². The van der Waals surface area contributed by atoms with E-state index in [4.69, 9.17) is 0 Å². The molecule has 0 N–H and O–H groups in total. The van der Waals surface area contributed by atoms with Crippen molar-refractivity contribution in [3.05, 3.63) is 194 Å². The SMILES string of the molecule is CCCc1cc2c(-c3ccc(C(C)(C)C)cc3)ccc(-c3ccc(C(C)(C)C)cc3)c2[cH-]1.CCCc1cc2c(-c3ccc(C(C)(C)C)cc3)ccc(-c3ccc(C(C)(C)C)cc3)c2[cH-]1.[CH3-].[CH3-].[Si]=[Zr]. The third-order valence-corrected chi connectivity index (χ3v) is 13.2. The van der Waals surface area contributed by atoms with Crippen LogP contribution >= 0.6 is 0 Å². The molecule has 0 aliphatic heterocycles. The van der Waals surface area contributed by atoms with Crippen molar-refractivity contribution >= 4 is 28.4 Å². The van der Waals surface area contributed by atoms with E-state index in [0.717, 1.165) is 12.8 Å². The molecule has 0 saturated heterocycles. The summed E-state index contributed by atoms with van der Waals surface area (Å²) >= 11 is 1.36. The number of rotatable bonds is 8. The Balaban J connectivity index is 0.000000278. The summed E-state index contributed by atoms with van der Waals surface area (Å²) in [5.41, 5.74) is 19.6. The Morgan fingerprint density at radius 1 is 0.353 bits per heavy atom. The van der Waals surface area contributed by atoms with E-state index in [1.165, 1.54) is 136 Å². The van der Waals surface area contributed by atoms with Crippen molar-refractivity contribution in [2.75, 3.05) is 0 Å². The minimum absolute atomic E-state index is 0. The summed E-state index contributed by atoms with van der Waals surface area (Å²) < 4.78 is 0. The minimum atomic E-state index is 0. The molecule has 8 aromatic carbocycles. The molecule has 2 heteroatoms. The third-order valence-electron chi connectivity index (χ3n) is 13.2. The van der Waals surface area contributed by atoms with E-state index in [2.05, 4.69) is 249 Å². The molecule has 0 amide bonds. The summed E-state index contributed by atoms with van der Waals surface area (Å²) in [5.74, 6) is 0. The first kappa shape index (κ1) is 56.2. The van der Waals surface area contributed by atoms with Gasteiger partial charge in [-0.15, -0.1) is 44.8 Å². The molecule has 68 heavy (non-hydrogen) atoms. The van der Waals surface area contributed by atoms with Gasteiger partial charge in [0, 0.05) is 0 Å². The summed E-state index contributed by atoms with van der Waals surface area (Å²) in [5, 5.41) is 5.48. The molecular weight excluding hydrogens is 912 g/mol. The fourth-order valence-electron chi connectivity index (χ4n) is 9.19. The van der Waals surface area contributed by atoms with Gasteiger partial charge in [-0.2, -0.15) is 12.1 Å². The van der Waals surface area contributed by atoms with Crippen molar-refractivity contribution in [3.8, 4) is 44.5 Å². The fourth-order valence-corrected chi connectivity index (χ4v) is 9.19. The Labute approximate surface area is 431 Å². The number of hydrogen-bond acceptors (Lipinski definition) is 0. The van der Waals surface area contributed by atoms with Crippen molar-refractivity contribution < 1.29 is 23.3 Å². The first-order chi connectivity index (χ1) is 31.1. The molecule has 0 heterocycles. The summed E-state index contributed by atoms with van der Waals surface area (Å²) in [4.78, 5) is 0. The summed E-state index contributed by atoms with van der Waals surface area (Å²) in [7, 11) is 0. The molecule has 0 fully saturated rings. The van der Waals surface area contributed by atoms with Crippen molar-refractivity contribution in [2.24, 2.45) is 0 Å². The van der Waals surface area contributed by atoms with E-state index in [0.29, 0.717) is 0 Å². The zero-order valence-electron chi connectivity index (χ0n) is 44.7. The molecule has 0 spiro atoms. The molecule has 8 rings (SSSR count). The van der Waals surface area contributed by atoms with Crippen LogP contribution in [0.1, 0.15) is 143 Å². The third kappa shape index (κ3) is 13.1. The van der Waals surface area contributed by atoms with Crippen molar-refractivity contribution in [3.63, 3.8) is 0 Å². The molecule has 0 aromatic heterocycles. The van der Waals surface area contributed by atoms with Gasteiger partial charge in [-0.05, 0) is 67.9 Å². The van der Waals surface area contributed by atoms with E-state index < -0.39 is 0 Å². The van der Waals surface area contributed by atoms with E-state index >= 15 is 0 Å². The van der Waals surface area contributed by atoms with Gasteiger partial charge in [0.15, 0.2) is 0 Å². The van der Waals surface area contributed by atoms with Crippen LogP contribution in [0, 0.1) is 14.9 Å². The predicted molar refractivity (Wildman–Crippen MR) is 302 cm³/mol. The first-order valence-electron chi connectivity index (χ1n) is 24.3. The average molecular weight is 993 g/mol. The van der Waals surface area contributed by atoms with E-state index in [1.54, 1.807) is 0 Å². The van der Waals surface area contributed by atoms with Crippen LogP contribution in [0.2, 0.25) is 0 Å². The second kappa shape index (κ2) is 23.0. The van der Waals surface area contributed by atoms with Gasteiger partial charge in [-0.3, -0.25) is 0 Å². The van der Waals surface area contributed by atoms with Gasteiger partial charge in [-0.25, -0.2) is 0 Å². The summed E-state index contributed by atoms with van der Waals surface area (Å²) in [6, 6.07) is 55.6. The second-order valence-electron chi connectivity index (χ2n) is 22.5. The van der Waals surface area contributed by atoms with Gasteiger partial charge in [0.25, 0.3) is 0 Å². The Morgan fingerprint density at radius 3 is 0.794 bits per heavy atom.